The maximum atomic E-state index is 12.3. The van der Waals surface area contributed by atoms with Crippen molar-refractivity contribution in [2.75, 3.05) is 10.6 Å². The first-order valence-electron chi connectivity index (χ1n) is 8.57. The van der Waals surface area contributed by atoms with Gasteiger partial charge in [0.25, 0.3) is 5.91 Å². The van der Waals surface area contributed by atoms with Gasteiger partial charge in [0, 0.05) is 10.6 Å². The molecular formula is C21H20ClN3O2. The van der Waals surface area contributed by atoms with E-state index in [9.17, 15) is 4.79 Å². The van der Waals surface area contributed by atoms with Crippen LogP contribution in [-0.2, 0) is 0 Å². The molecule has 27 heavy (non-hydrogen) atoms. The molecule has 0 fully saturated rings. The summed E-state index contributed by atoms with van der Waals surface area (Å²) in [6.45, 7) is 3.96. The van der Waals surface area contributed by atoms with Crippen LogP contribution < -0.4 is 15.4 Å². The van der Waals surface area contributed by atoms with Crippen LogP contribution >= 0.6 is 11.6 Å². The molecule has 0 radical (unpaired) electrons. The van der Waals surface area contributed by atoms with Crippen LogP contribution in [0.2, 0.25) is 5.02 Å². The molecule has 1 heterocycles. The number of pyridine rings is 1. The summed E-state index contributed by atoms with van der Waals surface area (Å²) in [5.41, 5.74) is 1.91. The number of nitrogens with one attached hydrogen (secondary N) is 2. The zero-order chi connectivity index (χ0) is 19.2. The number of nitrogens with zero attached hydrogens (tertiary/aromatic N) is 1. The number of hydrogen-bond acceptors (Lipinski definition) is 4. The number of carbonyl (C=O) groups excluding carboxylic acids is 1. The van der Waals surface area contributed by atoms with E-state index in [4.69, 9.17) is 16.3 Å². The van der Waals surface area contributed by atoms with Gasteiger partial charge in [-0.1, -0.05) is 29.8 Å². The van der Waals surface area contributed by atoms with Gasteiger partial charge in [-0.2, -0.15) is 0 Å². The summed E-state index contributed by atoms with van der Waals surface area (Å²) in [5, 5.41) is 6.55. The Hall–Kier alpha value is -3.05. The molecule has 0 saturated heterocycles. The highest BCUT2D eigenvalue weighted by atomic mass is 35.5. The molecule has 0 aliphatic carbocycles. The van der Waals surface area contributed by atoms with E-state index in [0.29, 0.717) is 22.1 Å². The lowest BCUT2D eigenvalue weighted by Gasteiger charge is -2.15. The van der Waals surface area contributed by atoms with E-state index in [1.165, 1.54) is 0 Å². The Bertz CT molecular complexity index is 927. The average Bonchev–Trinajstić information content (AvgIpc) is 2.64. The first-order valence-corrected chi connectivity index (χ1v) is 8.95. The van der Waals surface area contributed by atoms with Gasteiger partial charge in [0.1, 0.15) is 11.6 Å². The maximum absolute atomic E-state index is 12.3. The third-order valence-corrected chi connectivity index (χ3v) is 3.86. The minimum absolute atomic E-state index is 0.0741. The molecule has 0 atom stereocenters. The number of aromatic nitrogens is 1. The van der Waals surface area contributed by atoms with E-state index >= 15 is 0 Å². The lowest BCUT2D eigenvalue weighted by Crippen LogP contribution is -2.12. The van der Waals surface area contributed by atoms with Crippen molar-refractivity contribution in [3.8, 4) is 5.75 Å². The molecule has 0 bridgehead atoms. The van der Waals surface area contributed by atoms with Crippen molar-refractivity contribution in [2.24, 2.45) is 0 Å². The highest BCUT2D eigenvalue weighted by Crippen LogP contribution is 2.27. The van der Waals surface area contributed by atoms with Gasteiger partial charge in [-0.05, 0) is 56.3 Å². The Balaban J connectivity index is 1.68. The Labute approximate surface area is 163 Å². The smallest absolute Gasteiger partial charge is 0.255 e. The topological polar surface area (TPSA) is 63.2 Å². The number of rotatable bonds is 6. The monoisotopic (exact) mass is 381 g/mol. The summed E-state index contributed by atoms with van der Waals surface area (Å²) in [4.78, 5) is 16.6. The molecule has 0 aliphatic rings. The summed E-state index contributed by atoms with van der Waals surface area (Å²) in [6, 6.07) is 18.0. The third-order valence-electron chi connectivity index (χ3n) is 3.62. The Kier molecular flexibility index (Phi) is 5.94. The van der Waals surface area contributed by atoms with Crippen LogP contribution in [0.15, 0.2) is 66.9 Å². The number of benzene rings is 2. The first kappa shape index (κ1) is 18.7. The highest BCUT2D eigenvalue weighted by Gasteiger charge is 2.08. The molecular weight excluding hydrogens is 362 g/mol. The summed E-state index contributed by atoms with van der Waals surface area (Å²) in [5.74, 6) is 1.17. The summed E-state index contributed by atoms with van der Waals surface area (Å²) >= 11 is 5.92. The van der Waals surface area contributed by atoms with Crippen LogP contribution in [0.1, 0.15) is 24.2 Å². The average molecular weight is 382 g/mol. The van der Waals surface area contributed by atoms with Crippen molar-refractivity contribution < 1.29 is 9.53 Å². The van der Waals surface area contributed by atoms with E-state index in [0.717, 1.165) is 11.4 Å². The number of ether oxygens (including phenoxy) is 1. The van der Waals surface area contributed by atoms with Crippen molar-refractivity contribution >= 4 is 34.7 Å². The molecule has 0 unspecified atom stereocenters. The lowest BCUT2D eigenvalue weighted by molar-refractivity contribution is 0.102. The number of para-hydroxylation sites is 2. The van der Waals surface area contributed by atoms with Crippen LogP contribution in [0, 0.1) is 0 Å². The van der Waals surface area contributed by atoms with E-state index in [1.807, 2.05) is 38.1 Å². The van der Waals surface area contributed by atoms with E-state index < -0.39 is 0 Å². The molecule has 5 nitrogen and oxygen atoms in total. The van der Waals surface area contributed by atoms with Crippen molar-refractivity contribution in [1.82, 2.24) is 4.98 Å². The minimum Gasteiger partial charge on any atom is -0.489 e. The van der Waals surface area contributed by atoms with Gasteiger partial charge in [-0.15, -0.1) is 0 Å². The predicted octanol–water partition coefficient (Wildman–Crippen LogP) is 5.52. The van der Waals surface area contributed by atoms with Crippen molar-refractivity contribution in [2.45, 2.75) is 20.0 Å². The Morgan fingerprint density at radius 1 is 1.07 bits per heavy atom. The lowest BCUT2D eigenvalue weighted by atomic mass is 10.2. The zero-order valence-electron chi connectivity index (χ0n) is 15.1. The van der Waals surface area contributed by atoms with Crippen molar-refractivity contribution in [1.29, 1.82) is 0 Å². The van der Waals surface area contributed by atoms with Gasteiger partial charge in [0.15, 0.2) is 0 Å². The second-order valence-corrected chi connectivity index (χ2v) is 6.62. The maximum Gasteiger partial charge on any atom is 0.255 e. The number of amides is 1. The Morgan fingerprint density at radius 3 is 2.59 bits per heavy atom. The number of carbonyl (C=O) groups is 1. The summed E-state index contributed by atoms with van der Waals surface area (Å²) < 4.78 is 5.79. The van der Waals surface area contributed by atoms with Gasteiger partial charge in [-0.3, -0.25) is 4.79 Å². The largest absolute Gasteiger partial charge is 0.489 e. The second-order valence-electron chi connectivity index (χ2n) is 6.18. The van der Waals surface area contributed by atoms with Gasteiger partial charge >= 0.3 is 0 Å². The van der Waals surface area contributed by atoms with Gasteiger partial charge < -0.3 is 15.4 Å². The fourth-order valence-corrected chi connectivity index (χ4v) is 2.63. The highest BCUT2D eigenvalue weighted by molar-refractivity contribution is 6.31. The van der Waals surface area contributed by atoms with Crippen LogP contribution in [0.5, 0.6) is 5.75 Å². The van der Waals surface area contributed by atoms with E-state index in [2.05, 4.69) is 15.6 Å². The van der Waals surface area contributed by atoms with E-state index in [-0.39, 0.29) is 12.0 Å². The number of halogens is 1. The zero-order valence-corrected chi connectivity index (χ0v) is 15.8. The van der Waals surface area contributed by atoms with Gasteiger partial charge in [-0.25, -0.2) is 4.98 Å². The first-order chi connectivity index (χ1) is 13.0. The summed E-state index contributed by atoms with van der Waals surface area (Å²) in [6.07, 6.45) is 1.67. The minimum atomic E-state index is -0.240. The van der Waals surface area contributed by atoms with Crippen LogP contribution in [-0.4, -0.2) is 17.0 Å². The SMILES string of the molecule is CC(C)Oc1ccccc1Nc1ccc(NC(=O)c2cccc(Cl)c2)cn1. The van der Waals surface area contributed by atoms with Gasteiger partial charge in [0.2, 0.25) is 0 Å². The number of anilines is 3. The van der Waals surface area contributed by atoms with Crippen LogP contribution in [0.3, 0.4) is 0 Å². The van der Waals surface area contributed by atoms with Crippen molar-refractivity contribution in [3.05, 3.63) is 77.4 Å². The number of hydrogen-bond donors (Lipinski definition) is 2. The van der Waals surface area contributed by atoms with Crippen LogP contribution in [0.25, 0.3) is 0 Å². The van der Waals surface area contributed by atoms with E-state index in [1.54, 1.807) is 42.6 Å². The second kappa shape index (κ2) is 8.56. The molecule has 2 N–H and O–H groups in total. The predicted molar refractivity (Wildman–Crippen MR) is 109 cm³/mol. The molecule has 1 aromatic heterocycles. The molecule has 0 saturated carbocycles. The molecule has 1 amide bonds. The molecule has 0 spiro atoms. The standard InChI is InChI=1S/C21H20ClN3O2/c1-14(2)27-19-9-4-3-8-18(19)25-20-11-10-17(13-23-20)24-21(26)15-6-5-7-16(22)12-15/h3-14H,1-2H3,(H,23,25)(H,24,26). The molecule has 138 valence electrons. The molecule has 3 rings (SSSR count). The fourth-order valence-electron chi connectivity index (χ4n) is 2.44. The molecule has 0 aliphatic heterocycles. The van der Waals surface area contributed by atoms with Crippen molar-refractivity contribution in [3.63, 3.8) is 0 Å². The summed E-state index contributed by atoms with van der Waals surface area (Å²) in [7, 11) is 0. The van der Waals surface area contributed by atoms with Crippen LogP contribution in [0.4, 0.5) is 17.2 Å². The van der Waals surface area contributed by atoms with Gasteiger partial charge in [0.05, 0.1) is 23.7 Å². The third kappa shape index (κ3) is 5.21. The Morgan fingerprint density at radius 2 is 1.89 bits per heavy atom. The molecule has 3 aromatic rings. The quantitative estimate of drug-likeness (QED) is 0.590. The molecule has 2 aromatic carbocycles. The normalized spacial score (nSPS) is 10.5. The fraction of sp³-hybridized carbons (Fsp3) is 0.143. The molecule has 6 heteroatoms.